The second kappa shape index (κ2) is 10.8. The molecule has 1 aromatic heterocycles. The summed E-state index contributed by atoms with van der Waals surface area (Å²) >= 11 is 0. The van der Waals surface area contributed by atoms with Crippen LogP contribution in [0.15, 0.2) is 162 Å². The van der Waals surface area contributed by atoms with Gasteiger partial charge in [-0.3, -0.25) is 0 Å². The summed E-state index contributed by atoms with van der Waals surface area (Å²) in [5, 5.41) is 2.40. The Bertz CT molecular complexity index is 2210. The van der Waals surface area contributed by atoms with Gasteiger partial charge in [0.1, 0.15) is 11.3 Å². The minimum Gasteiger partial charge on any atom is -0.436 e. The van der Waals surface area contributed by atoms with Crippen molar-refractivity contribution in [3.05, 3.63) is 164 Å². The smallest absolute Gasteiger partial charge is 0.227 e. The molecule has 0 saturated heterocycles. The van der Waals surface area contributed by atoms with Gasteiger partial charge in [-0.2, -0.15) is 0 Å². The minimum absolute atomic E-state index is 0.221. The van der Waals surface area contributed by atoms with Gasteiger partial charge in [0.25, 0.3) is 0 Å². The van der Waals surface area contributed by atoms with Gasteiger partial charge in [0, 0.05) is 5.56 Å². The largest absolute Gasteiger partial charge is 0.436 e. The lowest BCUT2D eigenvalue weighted by Gasteiger charge is -2.09. The van der Waals surface area contributed by atoms with Crippen molar-refractivity contribution in [2.75, 3.05) is 0 Å². The maximum Gasteiger partial charge on any atom is 0.227 e. The zero-order valence-electron chi connectivity index (χ0n) is 23.7. The van der Waals surface area contributed by atoms with Crippen molar-refractivity contribution < 1.29 is 8.81 Å². The second-order valence-corrected chi connectivity index (χ2v) is 11.0. The van der Waals surface area contributed by atoms with Gasteiger partial charge in [0.05, 0.1) is 0 Å². The molecule has 2 nitrogen and oxygen atoms in total. The first kappa shape index (κ1) is 25.9. The molecule has 0 bridgehead atoms. The third kappa shape index (κ3) is 4.95. The molecule has 0 unspecified atom stereocenters. The van der Waals surface area contributed by atoms with Gasteiger partial charge >= 0.3 is 0 Å². The predicted molar refractivity (Wildman–Crippen MR) is 179 cm³/mol. The Morgan fingerprint density at radius 1 is 0.386 bits per heavy atom. The molecule has 0 aliphatic carbocycles. The van der Waals surface area contributed by atoms with E-state index < -0.39 is 0 Å². The Morgan fingerprint density at radius 3 is 1.25 bits per heavy atom. The summed E-state index contributed by atoms with van der Waals surface area (Å²) in [6.45, 7) is 0. The summed E-state index contributed by atoms with van der Waals surface area (Å²) in [5.74, 6) is 0.415. The molecule has 0 saturated carbocycles. The monoisotopic (exact) mass is 567 g/mol. The molecule has 208 valence electrons. The van der Waals surface area contributed by atoms with Crippen LogP contribution in [0.4, 0.5) is 4.39 Å². The molecule has 8 rings (SSSR count). The van der Waals surface area contributed by atoms with Gasteiger partial charge in [0.2, 0.25) is 5.89 Å². The van der Waals surface area contributed by atoms with Crippen LogP contribution in [-0.2, 0) is 0 Å². The van der Waals surface area contributed by atoms with Crippen molar-refractivity contribution in [3.63, 3.8) is 0 Å². The first-order valence-electron chi connectivity index (χ1n) is 14.6. The number of benzene rings is 7. The van der Waals surface area contributed by atoms with Gasteiger partial charge in [-0.25, -0.2) is 9.37 Å². The zero-order valence-corrected chi connectivity index (χ0v) is 23.7. The number of halogens is 1. The molecule has 7 aromatic carbocycles. The highest BCUT2D eigenvalue weighted by Gasteiger charge is 2.09. The average Bonchev–Trinajstić information content (AvgIpc) is 3.53. The number of oxazole rings is 1. The summed E-state index contributed by atoms with van der Waals surface area (Å²) in [4.78, 5) is 4.62. The fourth-order valence-corrected chi connectivity index (χ4v) is 5.76. The Kier molecular flexibility index (Phi) is 6.35. The Balaban J connectivity index is 1.00. The molecule has 0 fully saturated rings. The summed E-state index contributed by atoms with van der Waals surface area (Å²) < 4.78 is 19.2. The van der Waals surface area contributed by atoms with E-state index in [4.69, 9.17) is 4.42 Å². The Labute approximate surface area is 254 Å². The average molecular weight is 568 g/mol. The van der Waals surface area contributed by atoms with E-state index in [0.29, 0.717) is 5.89 Å². The van der Waals surface area contributed by atoms with Gasteiger partial charge < -0.3 is 4.42 Å². The normalized spacial score (nSPS) is 11.3. The molecule has 0 aliphatic heterocycles. The SMILES string of the molecule is Fc1ccc(-c2ccc(-c3ccc(-c4ccc5cc(-c6ccc(-c7nc8ccccc8o7)cc6)ccc5c4)cc3)cc2)cc1. The van der Waals surface area contributed by atoms with Gasteiger partial charge in [-0.1, -0.05) is 109 Å². The fourth-order valence-electron chi connectivity index (χ4n) is 5.76. The van der Waals surface area contributed by atoms with E-state index in [1.54, 1.807) is 0 Å². The van der Waals surface area contributed by atoms with E-state index in [1.165, 1.54) is 39.6 Å². The molecule has 8 aromatic rings. The molecule has 0 atom stereocenters. The zero-order chi connectivity index (χ0) is 29.5. The molecule has 0 aliphatic rings. The van der Waals surface area contributed by atoms with E-state index in [1.807, 2.05) is 36.4 Å². The summed E-state index contributed by atoms with van der Waals surface area (Å²) in [6, 6.07) is 53.2. The van der Waals surface area contributed by atoms with Crippen LogP contribution >= 0.6 is 0 Å². The highest BCUT2D eigenvalue weighted by atomic mass is 19.1. The van der Waals surface area contributed by atoms with Gasteiger partial charge in [-0.05, 0) is 104 Å². The summed E-state index contributed by atoms with van der Waals surface area (Å²) in [5.41, 5.74) is 11.7. The van der Waals surface area contributed by atoms with Crippen LogP contribution in [0.25, 0.3) is 77.8 Å². The van der Waals surface area contributed by atoms with E-state index in [0.717, 1.165) is 44.5 Å². The van der Waals surface area contributed by atoms with Crippen molar-refractivity contribution in [2.45, 2.75) is 0 Å². The van der Waals surface area contributed by atoms with E-state index in [2.05, 4.69) is 114 Å². The molecular formula is C41H26FNO. The number of fused-ring (bicyclic) bond motifs is 2. The highest BCUT2D eigenvalue weighted by molar-refractivity contribution is 5.91. The molecule has 0 amide bonds. The maximum absolute atomic E-state index is 13.3. The van der Waals surface area contributed by atoms with Crippen LogP contribution in [0.2, 0.25) is 0 Å². The van der Waals surface area contributed by atoms with Crippen molar-refractivity contribution >= 4 is 21.9 Å². The second-order valence-electron chi connectivity index (χ2n) is 11.0. The van der Waals surface area contributed by atoms with Crippen LogP contribution < -0.4 is 0 Å². The van der Waals surface area contributed by atoms with Crippen molar-refractivity contribution in [1.29, 1.82) is 0 Å². The lowest BCUT2D eigenvalue weighted by atomic mass is 9.96. The molecule has 3 heteroatoms. The molecule has 0 radical (unpaired) electrons. The lowest BCUT2D eigenvalue weighted by molar-refractivity contribution is 0.620. The van der Waals surface area contributed by atoms with E-state index in [-0.39, 0.29) is 5.82 Å². The Morgan fingerprint density at radius 2 is 0.773 bits per heavy atom. The first-order chi connectivity index (χ1) is 21.7. The number of aromatic nitrogens is 1. The van der Waals surface area contributed by atoms with Crippen LogP contribution in [0, 0.1) is 5.82 Å². The quantitative estimate of drug-likeness (QED) is 0.207. The van der Waals surface area contributed by atoms with Crippen molar-refractivity contribution in [2.24, 2.45) is 0 Å². The topological polar surface area (TPSA) is 26.0 Å². The Hall–Kier alpha value is -5.80. The molecule has 0 N–H and O–H groups in total. The first-order valence-corrected chi connectivity index (χ1v) is 14.6. The number of para-hydroxylation sites is 2. The van der Waals surface area contributed by atoms with Crippen LogP contribution in [-0.4, -0.2) is 4.98 Å². The minimum atomic E-state index is -0.221. The number of nitrogens with zero attached hydrogens (tertiary/aromatic N) is 1. The third-order valence-electron chi connectivity index (χ3n) is 8.21. The van der Waals surface area contributed by atoms with Crippen LogP contribution in [0.3, 0.4) is 0 Å². The summed E-state index contributed by atoms with van der Waals surface area (Å²) in [6.07, 6.45) is 0. The number of rotatable bonds is 5. The van der Waals surface area contributed by atoms with E-state index >= 15 is 0 Å². The third-order valence-corrected chi connectivity index (χ3v) is 8.21. The van der Waals surface area contributed by atoms with E-state index in [9.17, 15) is 4.39 Å². The molecular weight excluding hydrogens is 541 g/mol. The molecule has 44 heavy (non-hydrogen) atoms. The fraction of sp³-hybridized carbons (Fsp3) is 0. The molecule has 1 heterocycles. The predicted octanol–water partition coefficient (Wildman–Crippen LogP) is 11.5. The highest BCUT2D eigenvalue weighted by Crippen LogP contribution is 2.32. The summed E-state index contributed by atoms with van der Waals surface area (Å²) in [7, 11) is 0. The van der Waals surface area contributed by atoms with Gasteiger partial charge in [-0.15, -0.1) is 0 Å². The number of hydrogen-bond donors (Lipinski definition) is 0. The van der Waals surface area contributed by atoms with Crippen LogP contribution in [0.1, 0.15) is 0 Å². The van der Waals surface area contributed by atoms with Gasteiger partial charge in [0.15, 0.2) is 5.58 Å². The standard InChI is InChI=1S/C41H26FNO/c42-38-23-21-30(22-24-38)29-7-5-27(6-8-29)28-9-11-31(12-10-28)34-17-19-37-26-35(18-20-36(37)25-34)32-13-15-33(16-14-32)41-43-39-3-1-2-4-40(39)44-41/h1-26H. The lowest BCUT2D eigenvalue weighted by Crippen LogP contribution is -1.84. The molecule has 0 spiro atoms. The number of hydrogen-bond acceptors (Lipinski definition) is 2. The van der Waals surface area contributed by atoms with Crippen LogP contribution in [0.5, 0.6) is 0 Å². The maximum atomic E-state index is 13.3. The van der Waals surface area contributed by atoms with Crippen molar-refractivity contribution in [3.8, 4) is 56.0 Å². The van der Waals surface area contributed by atoms with Crippen molar-refractivity contribution in [1.82, 2.24) is 4.98 Å².